The van der Waals surface area contributed by atoms with Crippen LogP contribution in [0.5, 0.6) is 5.75 Å². The third-order valence-corrected chi connectivity index (χ3v) is 4.21. The quantitative estimate of drug-likeness (QED) is 0.915. The lowest BCUT2D eigenvalue weighted by atomic mass is 10.0. The minimum absolute atomic E-state index is 0.198. The van der Waals surface area contributed by atoms with Crippen LogP contribution in [0.2, 0.25) is 0 Å². The van der Waals surface area contributed by atoms with Gasteiger partial charge in [-0.2, -0.15) is 0 Å². The van der Waals surface area contributed by atoms with Crippen LogP contribution in [0.3, 0.4) is 0 Å². The second-order valence-corrected chi connectivity index (χ2v) is 5.47. The molecular weight excluding hydrogens is 262 g/mol. The molecule has 0 aliphatic carbocycles. The second kappa shape index (κ2) is 6.29. The average molecular weight is 283 g/mol. The number of aliphatic hydroxyl groups is 1. The van der Waals surface area contributed by atoms with Gasteiger partial charge in [-0.1, -0.05) is 36.4 Å². The Kier molecular flexibility index (Phi) is 4.23. The number of fused-ring (bicyclic) bond motifs is 1. The molecule has 0 amide bonds. The highest BCUT2D eigenvalue weighted by Gasteiger charge is 2.26. The summed E-state index contributed by atoms with van der Waals surface area (Å²) < 4.78 is 5.22. The molecule has 1 aliphatic rings. The Hall–Kier alpha value is -1.84. The van der Waals surface area contributed by atoms with Crippen molar-refractivity contribution in [1.29, 1.82) is 0 Å². The number of ether oxygens (including phenoxy) is 1. The Morgan fingerprint density at radius 3 is 2.19 bits per heavy atom. The van der Waals surface area contributed by atoms with Gasteiger partial charge < -0.3 is 9.84 Å². The number of rotatable bonds is 5. The van der Waals surface area contributed by atoms with Crippen molar-refractivity contribution in [3.8, 4) is 5.75 Å². The van der Waals surface area contributed by atoms with Crippen LogP contribution in [0.4, 0.5) is 0 Å². The Balaban J connectivity index is 1.82. The van der Waals surface area contributed by atoms with Crippen LogP contribution in [0.25, 0.3) is 0 Å². The number of aliphatic hydroxyl groups excluding tert-OH is 1. The summed E-state index contributed by atoms with van der Waals surface area (Å²) in [6, 6.07) is 17.0. The molecule has 21 heavy (non-hydrogen) atoms. The van der Waals surface area contributed by atoms with E-state index in [0.29, 0.717) is 0 Å². The van der Waals surface area contributed by atoms with Crippen molar-refractivity contribution in [3.05, 3.63) is 65.2 Å². The fourth-order valence-corrected chi connectivity index (χ4v) is 3.09. The van der Waals surface area contributed by atoms with E-state index in [1.807, 2.05) is 12.1 Å². The van der Waals surface area contributed by atoms with E-state index >= 15 is 0 Å². The first-order valence-electron chi connectivity index (χ1n) is 7.37. The molecule has 1 N–H and O–H groups in total. The van der Waals surface area contributed by atoms with Gasteiger partial charge in [0, 0.05) is 25.7 Å². The maximum Gasteiger partial charge on any atom is 0.118 e. The minimum Gasteiger partial charge on any atom is -0.497 e. The van der Waals surface area contributed by atoms with Crippen LogP contribution >= 0.6 is 0 Å². The summed E-state index contributed by atoms with van der Waals surface area (Å²) in [5.74, 6) is 0.867. The highest BCUT2D eigenvalue weighted by Crippen LogP contribution is 2.33. The van der Waals surface area contributed by atoms with Crippen LogP contribution < -0.4 is 4.74 Å². The van der Waals surface area contributed by atoms with E-state index in [0.717, 1.165) is 25.3 Å². The van der Waals surface area contributed by atoms with Crippen LogP contribution in [0.1, 0.15) is 29.2 Å². The predicted molar refractivity (Wildman–Crippen MR) is 83.1 cm³/mol. The lowest BCUT2D eigenvalue weighted by molar-refractivity contribution is 0.157. The average Bonchev–Trinajstić information content (AvgIpc) is 2.96. The highest BCUT2D eigenvalue weighted by molar-refractivity contribution is 5.33. The molecule has 0 spiro atoms. The predicted octanol–water partition coefficient (Wildman–Crippen LogP) is 3.13. The van der Waals surface area contributed by atoms with E-state index in [1.54, 1.807) is 7.11 Å². The minimum atomic E-state index is 0.198. The molecule has 1 atom stereocenters. The molecule has 3 nitrogen and oxygen atoms in total. The highest BCUT2D eigenvalue weighted by atomic mass is 16.5. The smallest absolute Gasteiger partial charge is 0.118 e. The first-order valence-corrected chi connectivity index (χ1v) is 7.37. The van der Waals surface area contributed by atoms with Gasteiger partial charge in [-0.3, -0.25) is 4.90 Å². The Morgan fingerprint density at radius 2 is 1.67 bits per heavy atom. The number of nitrogens with zero attached hydrogens (tertiary/aromatic N) is 1. The number of methoxy groups -OCH3 is 1. The Bertz CT molecular complexity index is 569. The Labute approximate surface area is 125 Å². The summed E-state index contributed by atoms with van der Waals surface area (Å²) in [5, 5.41) is 9.42. The van der Waals surface area contributed by atoms with Gasteiger partial charge in [-0.25, -0.2) is 0 Å². The van der Waals surface area contributed by atoms with Gasteiger partial charge >= 0.3 is 0 Å². The van der Waals surface area contributed by atoms with E-state index in [4.69, 9.17) is 4.74 Å². The monoisotopic (exact) mass is 283 g/mol. The molecule has 3 heteroatoms. The fraction of sp³-hybridized carbons (Fsp3) is 0.333. The molecule has 0 saturated carbocycles. The van der Waals surface area contributed by atoms with Gasteiger partial charge in [0.2, 0.25) is 0 Å². The summed E-state index contributed by atoms with van der Waals surface area (Å²) in [6.07, 6.45) is 0.750. The molecule has 0 bridgehead atoms. The van der Waals surface area contributed by atoms with Gasteiger partial charge in [0.25, 0.3) is 0 Å². The van der Waals surface area contributed by atoms with E-state index in [9.17, 15) is 5.11 Å². The van der Waals surface area contributed by atoms with Gasteiger partial charge in [-0.15, -0.1) is 0 Å². The molecule has 1 aliphatic heterocycles. The molecule has 110 valence electrons. The summed E-state index contributed by atoms with van der Waals surface area (Å²) in [7, 11) is 1.68. The zero-order valence-corrected chi connectivity index (χ0v) is 12.3. The zero-order chi connectivity index (χ0) is 14.7. The molecule has 1 heterocycles. The molecule has 0 saturated heterocycles. The van der Waals surface area contributed by atoms with Gasteiger partial charge in [0.15, 0.2) is 0 Å². The maximum absolute atomic E-state index is 9.42. The molecule has 2 aromatic carbocycles. The number of hydrogen-bond donors (Lipinski definition) is 1. The normalized spacial score (nSPS) is 15.7. The lowest BCUT2D eigenvalue weighted by Crippen LogP contribution is -2.24. The summed E-state index contributed by atoms with van der Waals surface area (Å²) in [6.45, 7) is 2.10. The summed E-state index contributed by atoms with van der Waals surface area (Å²) >= 11 is 0. The fourth-order valence-electron chi connectivity index (χ4n) is 3.09. The maximum atomic E-state index is 9.42. The van der Waals surface area contributed by atoms with Crippen LogP contribution in [-0.4, -0.2) is 23.7 Å². The van der Waals surface area contributed by atoms with Crippen molar-refractivity contribution in [3.63, 3.8) is 0 Å². The first kappa shape index (κ1) is 14.1. The van der Waals surface area contributed by atoms with Crippen molar-refractivity contribution < 1.29 is 9.84 Å². The van der Waals surface area contributed by atoms with E-state index in [-0.39, 0.29) is 12.6 Å². The summed E-state index contributed by atoms with van der Waals surface area (Å²) in [4.78, 5) is 2.43. The van der Waals surface area contributed by atoms with Crippen molar-refractivity contribution in [2.45, 2.75) is 25.6 Å². The third-order valence-electron chi connectivity index (χ3n) is 4.21. The largest absolute Gasteiger partial charge is 0.497 e. The molecular formula is C18H21NO2. The molecule has 2 aromatic rings. The second-order valence-electron chi connectivity index (χ2n) is 5.47. The molecule has 0 unspecified atom stereocenters. The SMILES string of the molecule is COc1ccc([C@H](CCO)N2Cc3ccccc3C2)cc1. The topological polar surface area (TPSA) is 32.7 Å². The molecule has 0 aromatic heterocycles. The van der Waals surface area contributed by atoms with Gasteiger partial charge in [-0.05, 0) is 35.2 Å². The van der Waals surface area contributed by atoms with Crippen molar-refractivity contribution in [1.82, 2.24) is 4.90 Å². The zero-order valence-electron chi connectivity index (χ0n) is 12.3. The first-order chi connectivity index (χ1) is 10.3. The number of benzene rings is 2. The summed E-state index contributed by atoms with van der Waals surface area (Å²) in [5.41, 5.74) is 4.03. The van der Waals surface area contributed by atoms with E-state index in [1.165, 1.54) is 16.7 Å². The molecule has 0 fully saturated rings. The van der Waals surface area contributed by atoms with Gasteiger partial charge in [0.1, 0.15) is 5.75 Å². The van der Waals surface area contributed by atoms with Gasteiger partial charge in [0.05, 0.1) is 7.11 Å². The van der Waals surface area contributed by atoms with Crippen molar-refractivity contribution in [2.75, 3.05) is 13.7 Å². The van der Waals surface area contributed by atoms with E-state index < -0.39 is 0 Å². The lowest BCUT2D eigenvalue weighted by Gasteiger charge is -2.27. The Morgan fingerprint density at radius 1 is 1.05 bits per heavy atom. The third kappa shape index (κ3) is 2.94. The van der Waals surface area contributed by atoms with Crippen molar-refractivity contribution in [2.24, 2.45) is 0 Å². The molecule has 3 rings (SSSR count). The number of hydrogen-bond acceptors (Lipinski definition) is 3. The van der Waals surface area contributed by atoms with Crippen molar-refractivity contribution >= 4 is 0 Å². The van der Waals surface area contributed by atoms with Crippen LogP contribution in [0, 0.1) is 0 Å². The van der Waals surface area contributed by atoms with Crippen LogP contribution in [-0.2, 0) is 13.1 Å². The van der Waals surface area contributed by atoms with Crippen LogP contribution in [0.15, 0.2) is 48.5 Å². The molecule has 0 radical (unpaired) electrons. The standard InChI is InChI=1S/C18H21NO2/c1-21-17-8-6-14(7-9-17)18(10-11-20)19-12-15-4-2-3-5-16(15)13-19/h2-9,18,20H,10-13H2,1H3/t18-/m0/s1. The van der Waals surface area contributed by atoms with E-state index in [2.05, 4.69) is 41.3 Å².